The molecule has 1 aromatic carbocycles. The lowest BCUT2D eigenvalue weighted by atomic mass is 9.95. The van der Waals surface area contributed by atoms with Crippen molar-refractivity contribution in [1.82, 2.24) is 20.0 Å². The highest BCUT2D eigenvalue weighted by Gasteiger charge is 2.33. The Morgan fingerprint density at radius 2 is 1.97 bits per heavy atom. The van der Waals surface area contributed by atoms with Crippen molar-refractivity contribution in [2.24, 2.45) is 0 Å². The second-order valence-electron chi connectivity index (χ2n) is 9.26. The van der Waals surface area contributed by atoms with E-state index in [9.17, 15) is 13.6 Å². The average Bonchev–Trinajstić information content (AvgIpc) is 3.17. The number of nitrogens with one attached hydrogen (secondary N) is 1. The molecule has 8 heteroatoms. The standard InChI is InChI=1S/C24H31F2N5O/c1-15-12-17-4-3-10-30(22(17)13-19(15)23(25)26)24-20-14-29(16(2)32)11-7-21(20)31(28-24)18-5-8-27-9-6-18/h12-13,18,23,27H,3-11,14H2,1-2H3. The van der Waals surface area contributed by atoms with E-state index in [1.807, 2.05) is 11.0 Å². The number of alkyl halides is 2. The third-order valence-corrected chi connectivity index (χ3v) is 7.24. The number of fused-ring (bicyclic) bond motifs is 2. The lowest BCUT2D eigenvalue weighted by Gasteiger charge is -2.33. The van der Waals surface area contributed by atoms with Gasteiger partial charge in [0, 0.05) is 48.9 Å². The maximum absolute atomic E-state index is 13.7. The number of halogens is 2. The molecule has 1 fully saturated rings. The number of hydrogen-bond acceptors (Lipinski definition) is 4. The van der Waals surface area contributed by atoms with Gasteiger partial charge in [0.1, 0.15) is 0 Å². The van der Waals surface area contributed by atoms with Crippen LogP contribution in [0.1, 0.15) is 66.6 Å². The van der Waals surface area contributed by atoms with Gasteiger partial charge in [0.25, 0.3) is 6.43 Å². The van der Waals surface area contributed by atoms with Crippen LogP contribution < -0.4 is 10.2 Å². The first-order valence-electron chi connectivity index (χ1n) is 11.7. The largest absolute Gasteiger partial charge is 0.338 e. The number of anilines is 2. The fourth-order valence-corrected chi connectivity index (χ4v) is 5.49. The number of carbonyl (C=O) groups is 1. The highest BCUT2D eigenvalue weighted by molar-refractivity contribution is 5.75. The van der Waals surface area contributed by atoms with Gasteiger partial charge in [-0.1, -0.05) is 6.07 Å². The molecular formula is C24H31F2N5O. The van der Waals surface area contributed by atoms with Crippen molar-refractivity contribution in [3.8, 4) is 0 Å². The maximum atomic E-state index is 13.7. The van der Waals surface area contributed by atoms with Crippen LogP contribution in [0.2, 0.25) is 0 Å². The van der Waals surface area contributed by atoms with Crippen LogP contribution in [0.4, 0.5) is 20.3 Å². The molecule has 0 spiro atoms. The zero-order valence-corrected chi connectivity index (χ0v) is 18.8. The van der Waals surface area contributed by atoms with Crippen molar-refractivity contribution < 1.29 is 13.6 Å². The maximum Gasteiger partial charge on any atom is 0.264 e. The minimum atomic E-state index is -2.50. The molecule has 3 aliphatic heterocycles. The second-order valence-corrected chi connectivity index (χ2v) is 9.26. The van der Waals surface area contributed by atoms with Crippen LogP contribution in [-0.2, 0) is 24.2 Å². The molecule has 172 valence electrons. The molecular weight excluding hydrogens is 412 g/mol. The summed E-state index contributed by atoms with van der Waals surface area (Å²) in [5.74, 6) is 0.903. The van der Waals surface area contributed by atoms with Crippen molar-refractivity contribution in [2.45, 2.75) is 65.0 Å². The molecule has 2 aromatic rings. The number of nitrogens with zero attached hydrogens (tertiary/aromatic N) is 4. The predicted octanol–water partition coefficient (Wildman–Crippen LogP) is 4.04. The van der Waals surface area contributed by atoms with Crippen molar-refractivity contribution >= 4 is 17.4 Å². The summed E-state index contributed by atoms with van der Waals surface area (Å²) in [5, 5.41) is 8.53. The summed E-state index contributed by atoms with van der Waals surface area (Å²) >= 11 is 0. The molecule has 3 aliphatic rings. The predicted molar refractivity (Wildman–Crippen MR) is 120 cm³/mol. The highest BCUT2D eigenvalue weighted by atomic mass is 19.3. The molecule has 4 heterocycles. The molecule has 1 amide bonds. The van der Waals surface area contributed by atoms with Crippen LogP contribution in [0.25, 0.3) is 0 Å². The number of aromatic nitrogens is 2. The Kier molecular flexibility index (Phi) is 5.65. The normalized spacial score (nSPS) is 19.3. The number of rotatable bonds is 3. The molecule has 0 radical (unpaired) electrons. The summed E-state index contributed by atoms with van der Waals surface area (Å²) in [4.78, 5) is 16.1. The number of hydrogen-bond donors (Lipinski definition) is 1. The zero-order chi connectivity index (χ0) is 22.4. The van der Waals surface area contributed by atoms with Crippen LogP contribution in [0.5, 0.6) is 0 Å². The number of carbonyl (C=O) groups excluding carboxylic acids is 1. The van der Waals surface area contributed by atoms with E-state index in [1.54, 1.807) is 19.9 Å². The Hall–Kier alpha value is -2.48. The van der Waals surface area contributed by atoms with Gasteiger partial charge in [-0.15, -0.1) is 0 Å². The first-order chi connectivity index (χ1) is 15.4. The first kappa shape index (κ1) is 21.4. The number of benzene rings is 1. The SMILES string of the molecule is CC(=O)N1CCc2c(c(N3CCCc4cc(C)c(C(F)F)cc43)nn2C2CCNCC2)C1. The molecule has 0 bridgehead atoms. The monoisotopic (exact) mass is 443 g/mol. The third-order valence-electron chi connectivity index (χ3n) is 7.24. The van der Waals surface area contributed by atoms with E-state index in [0.29, 0.717) is 24.7 Å². The van der Waals surface area contributed by atoms with E-state index in [4.69, 9.17) is 5.10 Å². The fraction of sp³-hybridized carbons (Fsp3) is 0.583. The Morgan fingerprint density at radius 3 is 2.69 bits per heavy atom. The van der Waals surface area contributed by atoms with E-state index in [-0.39, 0.29) is 11.5 Å². The lowest BCUT2D eigenvalue weighted by Crippen LogP contribution is -2.36. The van der Waals surface area contributed by atoms with Crippen molar-refractivity contribution in [1.29, 1.82) is 0 Å². The molecule has 5 rings (SSSR count). The van der Waals surface area contributed by atoms with Gasteiger partial charge < -0.3 is 15.1 Å². The lowest BCUT2D eigenvalue weighted by molar-refractivity contribution is -0.129. The van der Waals surface area contributed by atoms with Crippen LogP contribution >= 0.6 is 0 Å². The van der Waals surface area contributed by atoms with Crippen molar-refractivity contribution in [3.63, 3.8) is 0 Å². The topological polar surface area (TPSA) is 53.4 Å². The average molecular weight is 444 g/mol. The van der Waals surface area contributed by atoms with E-state index < -0.39 is 6.43 Å². The number of piperidine rings is 1. The third kappa shape index (κ3) is 3.68. The van der Waals surface area contributed by atoms with Crippen molar-refractivity contribution in [2.75, 3.05) is 31.1 Å². The molecule has 0 unspecified atom stereocenters. The molecule has 0 saturated carbocycles. The summed E-state index contributed by atoms with van der Waals surface area (Å²) in [5.41, 5.74) is 4.96. The Bertz CT molecular complexity index is 1030. The Labute approximate surface area is 187 Å². The molecule has 0 atom stereocenters. The van der Waals surface area contributed by atoms with Gasteiger partial charge in [0.15, 0.2) is 5.82 Å². The molecule has 32 heavy (non-hydrogen) atoms. The minimum Gasteiger partial charge on any atom is -0.338 e. The van der Waals surface area contributed by atoms with E-state index >= 15 is 0 Å². The van der Waals surface area contributed by atoms with Crippen molar-refractivity contribution in [3.05, 3.63) is 40.1 Å². The summed E-state index contributed by atoms with van der Waals surface area (Å²) in [6, 6.07) is 3.92. The highest BCUT2D eigenvalue weighted by Crippen LogP contribution is 2.41. The molecule has 6 nitrogen and oxygen atoms in total. The summed E-state index contributed by atoms with van der Waals surface area (Å²) < 4.78 is 29.6. The van der Waals surface area contributed by atoms with E-state index in [0.717, 1.165) is 74.4 Å². The molecule has 0 aliphatic carbocycles. The van der Waals surface area contributed by atoms with Crippen LogP contribution in [0.15, 0.2) is 12.1 Å². The van der Waals surface area contributed by atoms with Gasteiger partial charge in [-0.2, -0.15) is 5.10 Å². The Morgan fingerprint density at radius 1 is 1.19 bits per heavy atom. The number of amides is 1. The van der Waals surface area contributed by atoms with Gasteiger partial charge in [0.2, 0.25) is 5.91 Å². The summed E-state index contributed by atoms with van der Waals surface area (Å²) in [7, 11) is 0. The second kappa shape index (κ2) is 8.46. The van der Waals surface area contributed by atoms with Gasteiger partial charge >= 0.3 is 0 Å². The first-order valence-corrected chi connectivity index (χ1v) is 11.7. The van der Waals surface area contributed by atoms with E-state index in [2.05, 4.69) is 14.9 Å². The molecule has 1 aromatic heterocycles. The van der Waals surface area contributed by atoms with Gasteiger partial charge in [-0.3, -0.25) is 9.48 Å². The number of aryl methyl sites for hydroxylation is 2. The van der Waals surface area contributed by atoms with Crippen LogP contribution in [0, 0.1) is 6.92 Å². The van der Waals surface area contributed by atoms with E-state index in [1.165, 1.54) is 5.69 Å². The van der Waals surface area contributed by atoms with Gasteiger partial charge in [0.05, 0.1) is 12.6 Å². The van der Waals surface area contributed by atoms with Gasteiger partial charge in [-0.05, 0) is 62.9 Å². The summed E-state index contributed by atoms with van der Waals surface area (Å²) in [6.07, 6.45) is 2.16. The van der Waals surface area contributed by atoms with Crippen LogP contribution in [-0.4, -0.2) is 46.8 Å². The Balaban J connectivity index is 1.62. The fourth-order valence-electron chi connectivity index (χ4n) is 5.49. The smallest absolute Gasteiger partial charge is 0.264 e. The zero-order valence-electron chi connectivity index (χ0n) is 18.8. The van der Waals surface area contributed by atoms with Gasteiger partial charge in [-0.25, -0.2) is 8.78 Å². The molecule has 1 saturated heterocycles. The summed E-state index contributed by atoms with van der Waals surface area (Å²) in [6.45, 7) is 7.28. The molecule has 1 N–H and O–H groups in total. The van der Waals surface area contributed by atoms with Crippen LogP contribution in [0.3, 0.4) is 0 Å². The quantitative estimate of drug-likeness (QED) is 0.778. The minimum absolute atomic E-state index is 0.0610.